The van der Waals surface area contributed by atoms with Gasteiger partial charge in [0.05, 0.1) is 13.2 Å². The fraction of sp³-hybridized carbons (Fsp3) is 0.250. The second-order valence-corrected chi connectivity index (χ2v) is 8.17. The van der Waals surface area contributed by atoms with Crippen molar-refractivity contribution in [2.24, 2.45) is 0 Å². The monoisotopic (exact) mass is 488 g/mol. The molecule has 4 N–H and O–H groups in total. The van der Waals surface area contributed by atoms with Crippen molar-refractivity contribution in [3.05, 3.63) is 77.9 Å². The third-order valence-corrected chi connectivity index (χ3v) is 5.38. The summed E-state index contributed by atoms with van der Waals surface area (Å²) in [5, 5.41) is 11.7. The van der Waals surface area contributed by atoms with E-state index in [1.54, 1.807) is 48.5 Å². The minimum atomic E-state index is -0.250. The third kappa shape index (κ3) is 7.59. The Kier molecular flexibility index (Phi) is 9.45. The van der Waals surface area contributed by atoms with Crippen LogP contribution in [-0.4, -0.2) is 30.9 Å². The minimum Gasteiger partial charge on any atom is -0.494 e. The zero-order valence-electron chi connectivity index (χ0n) is 20.8. The molecule has 3 aromatic carbocycles. The molecule has 0 spiro atoms. The van der Waals surface area contributed by atoms with Crippen LogP contribution in [0.2, 0.25) is 0 Å². The lowest BCUT2D eigenvalue weighted by molar-refractivity contribution is -0.116. The summed E-state index contributed by atoms with van der Waals surface area (Å²) >= 11 is 0. The van der Waals surface area contributed by atoms with Crippen LogP contribution in [0.3, 0.4) is 0 Å². The predicted octanol–water partition coefficient (Wildman–Crippen LogP) is 5.44. The second kappa shape index (κ2) is 12.9. The van der Waals surface area contributed by atoms with Crippen LogP contribution in [0.15, 0.2) is 66.7 Å². The minimum absolute atomic E-state index is 0.0351. The van der Waals surface area contributed by atoms with Gasteiger partial charge in [0.15, 0.2) is 0 Å². The maximum atomic E-state index is 12.5. The maximum Gasteiger partial charge on any atom is 0.255 e. The summed E-state index contributed by atoms with van der Waals surface area (Å²) in [5.41, 5.74) is 4.06. The Morgan fingerprint density at radius 2 is 1.39 bits per heavy atom. The average Bonchev–Trinajstić information content (AvgIpc) is 2.86. The highest BCUT2D eigenvalue weighted by Gasteiger charge is 2.10. The fourth-order valence-electron chi connectivity index (χ4n) is 3.49. The Bertz CT molecular complexity index is 1190. The van der Waals surface area contributed by atoms with Crippen molar-refractivity contribution >= 4 is 40.5 Å². The van der Waals surface area contributed by atoms with Gasteiger partial charge in [-0.3, -0.25) is 14.4 Å². The Morgan fingerprint density at radius 3 is 2.06 bits per heavy atom. The van der Waals surface area contributed by atoms with Crippen LogP contribution in [0, 0.1) is 6.92 Å². The number of hydrogen-bond donors (Lipinski definition) is 4. The molecule has 0 atom stereocenters. The Balaban J connectivity index is 1.51. The van der Waals surface area contributed by atoms with Crippen LogP contribution in [0.1, 0.15) is 42.6 Å². The summed E-state index contributed by atoms with van der Waals surface area (Å²) in [6.07, 6.45) is 1.24. The molecule has 0 aromatic heterocycles. The number of nitrogens with one attached hydrogen (secondary N) is 4. The van der Waals surface area contributed by atoms with Gasteiger partial charge in [0, 0.05) is 34.7 Å². The van der Waals surface area contributed by atoms with Crippen molar-refractivity contribution in [2.75, 3.05) is 34.4 Å². The molecule has 0 aliphatic heterocycles. The Labute approximate surface area is 211 Å². The van der Waals surface area contributed by atoms with E-state index in [0.29, 0.717) is 30.0 Å². The SMILES string of the molecule is CCCC(=O)Nc1cccc(NCC(=O)Nc2ccc(C(=O)Nc3ccc(OCC)cc3)cc2)c1C. The molecule has 188 valence electrons. The summed E-state index contributed by atoms with van der Waals surface area (Å²) in [5.74, 6) is 0.222. The predicted molar refractivity (Wildman–Crippen MR) is 144 cm³/mol. The van der Waals surface area contributed by atoms with E-state index in [0.717, 1.165) is 29.1 Å². The normalized spacial score (nSPS) is 10.3. The molecule has 3 aromatic rings. The third-order valence-electron chi connectivity index (χ3n) is 5.38. The Hall–Kier alpha value is -4.33. The van der Waals surface area contributed by atoms with Crippen LogP contribution >= 0.6 is 0 Å². The summed E-state index contributed by atoms with van der Waals surface area (Å²) in [7, 11) is 0. The van der Waals surface area contributed by atoms with E-state index in [4.69, 9.17) is 4.74 Å². The first-order valence-corrected chi connectivity index (χ1v) is 12.0. The van der Waals surface area contributed by atoms with Crippen LogP contribution in [0.25, 0.3) is 0 Å². The summed E-state index contributed by atoms with van der Waals surface area (Å²) in [6.45, 7) is 6.38. The second-order valence-electron chi connectivity index (χ2n) is 8.17. The highest BCUT2D eigenvalue weighted by Crippen LogP contribution is 2.23. The molecule has 3 amide bonds. The molecule has 0 unspecified atom stereocenters. The molecule has 8 heteroatoms. The van der Waals surface area contributed by atoms with E-state index in [1.807, 2.05) is 39.0 Å². The summed E-state index contributed by atoms with van der Waals surface area (Å²) < 4.78 is 5.40. The molecule has 8 nitrogen and oxygen atoms in total. The molecular weight excluding hydrogens is 456 g/mol. The molecule has 0 saturated carbocycles. The Morgan fingerprint density at radius 1 is 0.750 bits per heavy atom. The lowest BCUT2D eigenvalue weighted by Crippen LogP contribution is -2.22. The first-order valence-electron chi connectivity index (χ1n) is 12.0. The number of benzene rings is 3. The van der Waals surface area contributed by atoms with E-state index in [2.05, 4.69) is 21.3 Å². The first-order chi connectivity index (χ1) is 17.4. The van der Waals surface area contributed by atoms with E-state index in [-0.39, 0.29) is 24.3 Å². The van der Waals surface area contributed by atoms with E-state index in [9.17, 15) is 14.4 Å². The van der Waals surface area contributed by atoms with Gasteiger partial charge in [-0.05, 0) is 86.5 Å². The zero-order valence-corrected chi connectivity index (χ0v) is 20.8. The molecule has 0 aliphatic carbocycles. The van der Waals surface area contributed by atoms with Gasteiger partial charge in [-0.15, -0.1) is 0 Å². The molecule has 0 heterocycles. The topological polar surface area (TPSA) is 109 Å². The van der Waals surface area contributed by atoms with E-state index >= 15 is 0 Å². The van der Waals surface area contributed by atoms with Crippen LogP contribution in [0.4, 0.5) is 22.7 Å². The van der Waals surface area contributed by atoms with Crippen molar-refractivity contribution in [3.63, 3.8) is 0 Å². The molecule has 36 heavy (non-hydrogen) atoms. The molecule has 0 aliphatic rings. The molecule has 0 saturated heterocycles. The van der Waals surface area contributed by atoms with E-state index in [1.165, 1.54) is 0 Å². The fourth-order valence-corrected chi connectivity index (χ4v) is 3.49. The smallest absolute Gasteiger partial charge is 0.255 e. The largest absolute Gasteiger partial charge is 0.494 e. The number of carbonyl (C=O) groups is 3. The van der Waals surface area contributed by atoms with Crippen molar-refractivity contribution in [2.45, 2.75) is 33.6 Å². The van der Waals surface area contributed by atoms with Crippen molar-refractivity contribution in [1.82, 2.24) is 0 Å². The van der Waals surface area contributed by atoms with Crippen LogP contribution < -0.4 is 26.0 Å². The van der Waals surface area contributed by atoms with Gasteiger partial charge in [0.25, 0.3) is 5.91 Å². The van der Waals surface area contributed by atoms with Gasteiger partial charge in [-0.2, -0.15) is 0 Å². The highest BCUT2D eigenvalue weighted by molar-refractivity contribution is 6.04. The van der Waals surface area contributed by atoms with Gasteiger partial charge in [-0.25, -0.2) is 0 Å². The number of rotatable bonds is 11. The first kappa shape index (κ1) is 26.3. The lowest BCUT2D eigenvalue weighted by Gasteiger charge is -2.14. The number of amides is 3. The van der Waals surface area contributed by atoms with Crippen molar-refractivity contribution in [1.29, 1.82) is 0 Å². The average molecular weight is 489 g/mol. The summed E-state index contributed by atoms with van der Waals surface area (Å²) in [4.78, 5) is 36.9. The summed E-state index contributed by atoms with van der Waals surface area (Å²) in [6, 6.07) is 19.3. The van der Waals surface area contributed by atoms with Gasteiger partial charge in [0.1, 0.15) is 5.75 Å². The van der Waals surface area contributed by atoms with Crippen molar-refractivity contribution in [3.8, 4) is 5.75 Å². The van der Waals surface area contributed by atoms with Crippen molar-refractivity contribution < 1.29 is 19.1 Å². The van der Waals surface area contributed by atoms with Gasteiger partial charge < -0.3 is 26.0 Å². The molecule has 3 rings (SSSR count). The van der Waals surface area contributed by atoms with Crippen LogP contribution in [0.5, 0.6) is 5.75 Å². The molecule has 0 bridgehead atoms. The number of anilines is 4. The molecular formula is C28H32N4O4. The van der Waals surface area contributed by atoms with E-state index < -0.39 is 0 Å². The quantitative estimate of drug-likeness (QED) is 0.288. The lowest BCUT2D eigenvalue weighted by atomic mass is 10.1. The maximum absolute atomic E-state index is 12.5. The number of ether oxygens (including phenoxy) is 1. The van der Waals surface area contributed by atoms with Gasteiger partial charge in [0.2, 0.25) is 11.8 Å². The van der Waals surface area contributed by atoms with Gasteiger partial charge >= 0.3 is 0 Å². The standard InChI is InChI=1S/C28H32N4O4/c1-4-7-26(33)32-25-9-6-8-24(19(25)3)29-18-27(34)30-21-12-10-20(11-13-21)28(35)31-22-14-16-23(17-15-22)36-5-2/h6,8-17,29H,4-5,7,18H2,1-3H3,(H,30,34)(H,31,35)(H,32,33). The zero-order chi connectivity index (χ0) is 25.9. The highest BCUT2D eigenvalue weighted by atomic mass is 16.5. The molecule has 0 fully saturated rings. The van der Waals surface area contributed by atoms with Gasteiger partial charge in [-0.1, -0.05) is 13.0 Å². The number of carbonyl (C=O) groups excluding carboxylic acids is 3. The van der Waals surface area contributed by atoms with Crippen LogP contribution in [-0.2, 0) is 9.59 Å². The molecule has 0 radical (unpaired) electrons. The number of hydrogen-bond acceptors (Lipinski definition) is 5.